The Morgan fingerprint density at radius 1 is 1.19 bits per heavy atom. The summed E-state index contributed by atoms with van der Waals surface area (Å²) >= 11 is 7.81. The molecule has 4 fully saturated rings. The summed E-state index contributed by atoms with van der Waals surface area (Å²) in [4.78, 5) is 50.4. The number of aromatic nitrogens is 2. The quantitative estimate of drug-likeness (QED) is 0.551. The van der Waals surface area contributed by atoms with Crippen molar-refractivity contribution in [1.29, 1.82) is 0 Å². The lowest BCUT2D eigenvalue weighted by Crippen LogP contribution is -2.52. The highest BCUT2D eigenvalue weighted by Crippen LogP contribution is 2.41. The maximum atomic E-state index is 13.3. The van der Waals surface area contributed by atoms with Gasteiger partial charge in [-0.3, -0.25) is 24.3 Å². The molecule has 2 saturated carbocycles. The van der Waals surface area contributed by atoms with Gasteiger partial charge in [-0.2, -0.15) is 0 Å². The summed E-state index contributed by atoms with van der Waals surface area (Å²) in [7, 11) is 0. The van der Waals surface area contributed by atoms with E-state index in [1.165, 1.54) is 24.2 Å². The largest absolute Gasteiger partial charge is 0.367 e. The number of thiazole rings is 1. The van der Waals surface area contributed by atoms with Gasteiger partial charge in [0.05, 0.1) is 28.9 Å². The van der Waals surface area contributed by atoms with Gasteiger partial charge >= 0.3 is 0 Å². The molecular formula is C26H29ClN4O4S. The number of nitrogens with one attached hydrogen (secondary N) is 1. The van der Waals surface area contributed by atoms with Crippen molar-refractivity contribution < 1.29 is 19.1 Å². The molecule has 2 aliphatic heterocycles. The lowest BCUT2D eigenvalue weighted by Gasteiger charge is -2.39. The van der Waals surface area contributed by atoms with E-state index in [-0.39, 0.29) is 60.1 Å². The van der Waals surface area contributed by atoms with Crippen LogP contribution in [0.5, 0.6) is 0 Å². The number of nitrogens with zero attached hydrogens (tertiary/aromatic N) is 3. The van der Waals surface area contributed by atoms with Crippen LogP contribution in [-0.2, 0) is 14.3 Å². The van der Waals surface area contributed by atoms with Crippen molar-refractivity contribution in [2.45, 2.75) is 68.0 Å². The summed E-state index contributed by atoms with van der Waals surface area (Å²) in [5.41, 5.74) is 2.10. The van der Waals surface area contributed by atoms with Crippen molar-refractivity contribution in [3.05, 3.63) is 35.2 Å². The number of carbonyl (C=O) groups is 3. The Morgan fingerprint density at radius 2 is 2.03 bits per heavy atom. The van der Waals surface area contributed by atoms with Crippen LogP contribution >= 0.6 is 22.9 Å². The van der Waals surface area contributed by atoms with E-state index in [1.807, 2.05) is 12.3 Å². The first-order valence-electron chi connectivity index (χ1n) is 12.8. The fraction of sp³-hybridized carbons (Fsp3) is 0.577. The van der Waals surface area contributed by atoms with Crippen molar-refractivity contribution in [2.24, 2.45) is 5.92 Å². The molecule has 0 radical (unpaired) electrons. The third-order valence-electron chi connectivity index (χ3n) is 7.91. The van der Waals surface area contributed by atoms with Crippen LogP contribution in [0.1, 0.15) is 59.9 Å². The van der Waals surface area contributed by atoms with Crippen LogP contribution < -0.4 is 5.32 Å². The zero-order valence-corrected chi connectivity index (χ0v) is 21.5. The maximum Gasteiger partial charge on any atom is 0.280 e. The molecule has 0 bridgehead atoms. The van der Waals surface area contributed by atoms with Crippen molar-refractivity contribution in [3.63, 3.8) is 0 Å². The van der Waals surface area contributed by atoms with Crippen LogP contribution in [0.25, 0.3) is 10.4 Å². The number of alkyl halides is 1. The summed E-state index contributed by atoms with van der Waals surface area (Å²) in [6.45, 7) is 0.586. The second-order valence-corrected chi connectivity index (χ2v) is 11.9. The average Bonchev–Trinajstić information content (AvgIpc) is 3.35. The number of pyridine rings is 1. The van der Waals surface area contributed by atoms with Gasteiger partial charge in [-0.05, 0) is 43.4 Å². The Morgan fingerprint density at radius 3 is 2.86 bits per heavy atom. The molecule has 5 atom stereocenters. The van der Waals surface area contributed by atoms with Crippen molar-refractivity contribution in [1.82, 2.24) is 20.2 Å². The number of ether oxygens (including phenoxy) is 1. The number of hydrogen-bond acceptors (Lipinski definition) is 8. The van der Waals surface area contributed by atoms with Crippen LogP contribution in [-0.4, -0.2) is 75.6 Å². The first-order valence-corrected chi connectivity index (χ1v) is 14.0. The molecule has 190 valence electrons. The predicted octanol–water partition coefficient (Wildman–Crippen LogP) is 3.20. The molecular weight excluding hydrogens is 500 g/mol. The van der Waals surface area contributed by atoms with Crippen molar-refractivity contribution >= 4 is 40.4 Å². The van der Waals surface area contributed by atoms with Gasteiger partial charge in [-0.1, -0.05) is 12.8 Å². The second-order valence-electron chi connectivity index (χ2n) is 10.3. The number of rotatable bonds is 7. The average molecular weight is 529 g/mol. The summed E-state index contributed by atoms with van der Waals surface area (Å²) in [5, 5.41) is 2.87. The van der Waals surface area contributed by atoms with Gasteiger partial charge in [-0.25, -0.2) is 4.98 Å². The molecule has 6 rings (SSSR count). The predicted molar refractivity (Wildman–Crippen MR) is 135 cm³/mol. The molecule has 36 heavy (non-hydrogen) atoms. The molecule has 1 amide bonds. The minimum Gasteiger partial charge on any atom is -0.367 e. The lowest BCUT2D eigenvalue weighted by atomic mass is 9.80. The highest BCUT2D eigenvalue weighted by Gasteiger charge is 2.53. The van der Waals surface area contributed by atoms with Crippen LogP contribution in [0.4, 0.5) is 0 Å². The van der Waals surface area contributed by atoms with Crippen molar-refractivity contribution in [3.8, 4) is 10.4 Å². The smallest absolute Gasteiger partial charge is 0.280 e. The number of carbonyl (C=O) groups excluding carboxylic acids is 3. The normalized spacial score (nSPS) is 30.4. The third-order valence-corrected chi connectivity index (χ3v) is 9.34. The van der Waals surface area contributed by atoms with E-state index in [0.29, 0.717) is 17.5 Å². The Kier molecular flexibility index (Phi) is 6.66. The topological polar surface area (TPSA) is 101 Å². The van der Waals surface area contributed by atoms with Gasteiger partial charge in [0.15, 0.2) is 16.6 Å². The molecule has 4 aliphatic rings. The second kappa shape index (κ2) is 9.93. The van der Waals surface area contributed by atoms with Gasteiger partial charge in [0.2, 0.25) is 0 Å². The molecule has 0 aromatic carbocycles. The molecule has 2 aliphatic carbocycles. The Hall–Kier alpha value is -2.20. The van der Waals surface area contributed by atoms with E-state index < -0.39 is 0 Å². The molecule has 1 N–H and O–H groups in total. The van der Waals surface area contributed by atoms with E-state index in [0.717, 1.165) is 41.8 Å². The minimum absolute atomic E-state index is 0.00558. The van der Waals surface area contributed by atoms with Gasteiger partial charge in [0.25, 0.3) is 5.91 Å². The zero-order valence-electron chi connectivity index (χ0n) is 19.9. The number of Topliss-reactive ketones (excluding diaryl/α,β-unsaturated/α-hetero) is 2. The first kappa shape index (κ1) is 24.2. The number of halogens is 1. The monoisotopic (exact) mass is 528 g/mol. The van der Waals surface area contributed by atoms with Gasteiger partial charge in [0.1, 0.15) is 6.61 Å². The van der Waals surface area contributed by atoms with E-state index in [1.54, 1.807) is 6.20 Å². The molecule has 2 saturated heterocycles. The zero-order chi connectivity index (χ0) is 24.8. The highest BCUT2D eigenvalue weighted by atomic mass is 35.5. The molecule has 4 heterocycles. The Bertz CT molecular complexity index is 1180. The first-order chi connectivity index (χ1) is 17.5. The number of likely N-dealkylation sites (tertiary alicyclic amines) is 1. The SMILES string of the molecule is O=C(NCC(=O)C1CCCCC1N1C[C@H](Cl)[C@H]2OCC(=O)[C@H]21)c1ncc(-c2ccnc(C3CC3)c2)s1. The summed E-state index contributed by atoms with van der Waals surface area (Å²) < 4.78 is 5.63. The van der Waals surface area contributed by atoms with Gasteiger partial charge < -0.3 is 10.1 Å². The fourth-order valence-electron chi connectivity index (χ4n) is 5.95. The van der Waals surface area contributed by atoms with Crippen molar-refractivity contribution in [2.75, 3.05) is 19.7 Å². The Labute approximate surface area is 218 Å². The van der Waals surface area contributed by atoms with Gasteiger partial charge in [-0.15, -0.1) is 22.9 Å². The number of ketones is 2. The molecule has 2 unspecified atom stereocenters. The maximum absolute atomic E-state index is 13.3. The summed E-state index contributed by atoms with van der Waals surface area (Å²) in [6, 6.07) is 3.60. The summed E-state index contributed by atoms with van der Waals surface area (Å²) in [6.07, 6.45) is 9.14. The van der Waals surface area contributed by atoms with E-state index >= 15 is 0 Å². The third kappa shape index (κ3) is 4.62. The van der Waals surface area contributed by atoms with E-state index in [2.05, 4.69) is 26.3 Å². The molecule has 0 spiro atoms. The number of hydrogen-bond donors (Lipinski definition) is 1. The van der Waals surface area contributed by atoms with Gasteiger partial charge in [0, 0.05) is 42.5 Å². The molecule has 2 aromatic heterocycles. The standard InChI is InChI=1S/C26H29ClN4O4S/c27-17-12-31(23-21(33)13-35-24(17)23)19-4-2-1-3-16(19)20(32)10-29-25(34)26-30-11-22(36-26)15-7-8-28-18(9-15)14-5-6-14/h7-9,11,14,16-17,19,23-24H,1-6,10,12-13H2,(H,29,34)/t16?,17-,19?,23+,24+/m0/s1. The molecule has 2 aromatic rings. The molecule has 8 nitrogen and oxygen atoms in total. The summed E-state index contributed by atoms with van der Waals surface area (Å²) in [5.74, 6) is 0.0148. The minimum atomic E-state index is -0.358. The Balaban J connectivity index is 1.10. The van der Waals surface area contributed by atoms with Crippen LogP contribution in [0, 0.1) is 5.92 Å². The van der Waals surface area contributed by atoms with Crippen LogP contribution in [0.15, 0.2) is 24.5 Å². The molecule has 10 heteroatoms. The number of fused-ring (bicyclic) bond motifs is 1. The van der Waals surface area contributed by atoms with Crippen LogP contribution in [0.2, 0.25) is 0 Å². The van der Waals surface area contributed by atoms with E-state index in [4.69, 9.17) is 16.3 Å². The number of amides is 1. The lowest BCUT2D eigenvalue weighted by molar-refractivity contribution is -0.128. The van der Waals surface area contributed by atoms with E-state index in [9.17, 15) is 14.4 Å². The fourth-order valence-corrected chi connectivity index (χ4v) is 7.15. The highest BCUT2D eigenvalue weighted by molar-refractivity contribution is 7.17. The van der Waals surface area contributed by atoms with Crippen LogP contribution in [0.3, 0.4) is 0 Å².